The van der Waals surface area contributed by atoms with Crippen LogP contribution in [0.15, 0.2) is 33.9 Å². The molecule has 0 aromatic heterocycles. The molecule has 0 aliphatic rings. The van der Waals surface area contributed by atoms with Crippen molar-refractivity contribution in [1.82, 2.24) is 0 Å². The van der Waals surface area contributed by atoms with Crippen LogP contribution in [0.5, 0.6) is 0 Å². The summed E-state index contributed by atoms with van der Waals surface area (Å²) in [6.07, 6.45) is 2.62. The third kappa shape index (κ3) is 4.20. The van der Waals surface area contributed by atoms with Gasteiger partial charge in [-0.2, -0.15) is 0 Å². The first-order chi connectivity index (χ1) is 10.00. The van der Waals surface area contributed by atoms with Gasteiger partial charge in [-0.15, -0.1) is 0 Å². The van der Waals surface area contributed by atoms with E-state index in [1.54, 1.807) is 12.1 Å². The quantitative estimate of drug-likeness (QED) is 0.301. The Morgan fingerprint density at radius 1 is 1.29 bits per heavy atom. The van der Waals surface area contributed by atoms with Crippen molar-refractivity contribution in [3.05, 3.63) is 28.7 Å². The van der Waals surface area contributed by atoms with Crippen LogP contribution in [0, 0.1) is 5.41 Å². The molecule has 21 heavy (non-hydrogen) atoms. The SMILES string of the molecule is CCCC(CCC)(C(=O)Nc1ccc(Br)cc1)C(N)=NO. The molecule has 0 fully saturated rings. The third-order valence-electron chi connectivity index (χ3n) is 3.49. The summed E-state index contributed by atoms with van der Waals surface area (Å²) in [6, 6.07) is 7.30. The number of carbonyl (C=O) groups is 1. The highest BCUT2D eigenvalue weighted by atomic mass is 79.9. The predicted octanol–water partition coefficient (Wildman–Crippen LogP) is 3.72. The maximum Gasteiger partial charge on any atom is 0.238 e. The van der Waals surface area contributed by atoms with E-state index in [0.29, 0.717) is 18.5 Å². The smallest absolute Gasteiger partial charge is 0.238 e. The summed E-state index contributed by atoms with van der Waals surface area (Å²) < 4.78 is 0.935. The summed E-state index contributed by atoms with van der Waals surface area (Å²) in [5, 5.41) is 15.0. The Morgan fingerprint density at radius 3 is 2.24 bits per heavy atom. The van der Waals surface area contributed by atoms with Crippen LogP contribution in [0.4, 0.5) is 5.69 Å². The molecule has 0 heterocycles. The number of anilines is 1. The molecule has 116 valence electrons. The van der Waals surface area contributed by atoms with Gasteiger partial charge in [0.2, 0.25) is 5.91 Å². The molecular weight excluding hydrogens is 334 g/mol. The van der Waals surface area contributed by atoms with E-state index in [9.17, 15) is 4.79 Å². The standard InChI is InChI=1S/C15H22BrN3O2/c1-3-9-15(10-4-2,13(17)19-21)14(20)18-12-7-5-11(16)6-8-12/h5-8,21H,3-4,9-10H2,1-2H3,(H2,17,19)(H,18,20). The van der Waals surface area contributed by atoms with Crippen LogP contribution in [0.3, 0.4) is 0 Å². The van der Waals surface area contributed by atoms with Crippen molar-refractivity contribution in [3.8, 4) is 0 Å². The Kier molecular flexibility index (Phi) is 6.68. The van der Waals surface area contributed by atoms with Crippen LogP contribution in [-0.4, -0.2) is 17.0 Å². The summed E-state index contributed by atoms with van der Waals surface area (Å²) in [4.78, 5) is 12.7. The lowest BCUT2D eigenvalue weighted by Gasteiger charge is -2.30. The second-order valence-corrected chi connectivity index (χ2v) is 5.94. The third-order valence-corrected chi connectivity index (χ3v) is 4.02. The fourth-order valence-electron chi connectivity index (χ4n) is 2.46. The van der Waals surface area contributed by atoms with E-state index in [4.69, 9.17) is 10.9 Å². The van der Waals surface area contributed by atoms with E-state index in [-0.39, 0.29) is 11.7 Å². The van der Waals surface area contributed by atoms with E-state index < -0.39 is 5.41 Å². The van der Waals surface area contributed by atoms with Crippen molar-refractivity contribution in [3.63, 3.8) is 0 Å². The lowest BCUT2D eigenvalue weighted by atomic mass is 9.77. The second-order valence-electron chi connectivity index (χ2n) is 5.03. The Bertz CT molecular complexity index is 494. The van der Waals surface area contributed by atoms with Gasteiger partial charge in [-0.25, -0.2) is 0 Å². The molecular formula is C15H22BrN3O2. The molecule has 5 nitrogen and oxygen atoms in total. The van der Waals surface area contributed by atoms with Crippen LogP contribution in [0.25, 0.3) is 0 Å². The monoisotopic (exact) mass is 355 g/mol. The highest BCUT2D eigenvalue weighted by Gasteiger charge is 2.41. The first kappa shape index (κ1) is 17.5. The van der Waals surface area contributed by atoms with Crippen LogP contribution in [0.1, 0.15) is 39.5 Å². The summed E-state index contributed by atoms with van der Waals surface area (Å²) >= 11 is 3.35. The highest BCUT2D eigenvalue weighted by Crippen LogP contribution is 2.32. The first-order valence-electron chi connectivity index (χ1n) is 7.05. The zero-order valence-corrected chi connectivity index (χ0v) is 14.0. The van der Waals surface area contributed by atoms with Gasteiger partial charge >= 0.3 is 0 Å². The highest BCUT2D eigenvalue weighted by molar-refractivity contribution is 9.10. The molecule has 0 spiro atoms. The minimum atomic E-state index is -0.967. The molecule has 0 unspecified atom stereocenters. The number of benzene rings is 1. The van der Waals surface area contributed by atoms with E-state index in [0.717, 1.165) is 17.3 Å². The number of oxime groups is 1. The topological polar surface area (TPSA) is 87.7 Å². The van der Waals surface area contributed by atoms with Crippen molar-refractivity contribution in [2.24, 2.45) is 16.3 Å². The molecule has 6 heteroatoms. The van der Waals surface area contributed by atoms with Crippen molar-refractivity contribution in [1.29, 1.82) is 0 Å². The van der Waals surface area contributed by atoms with Gasteiger partial charge in [-0.3, -0.25) is 4.79 Å². The van der Waals surface area contributed by atoms with Crippen molar-refractivity contribution < 1.29 is 10.0 Å². The zero-order chi connectivity index (χ0) is 15.9. The maximum absolute atomic E-state index is 12.7. The second kappa shape index (κ2) is 8.02. The number of hydrogen-bond donors (Lipinski definition) is 3. The Hall–Kier alpha value is -1.56. The average molecular weight is 356 g/mol. The Morgan fingerprint density at radius 2 is 1.81 bits per heavy atom. The van der Waals surface area contributed by atoms with Gasteiger partial charge in [0.15, 0.2) is 5.84 Å². The molecule has 1 amide bonds. The normalized spacial score (nSPS) is 12.2. The molecule has 0 aliphatic heterocycles. The fraction of sp³-hybridized carbons (Fsp3) is 0.467. The van der Waals surface area contributed by atoms with Gasteiger partial charge in [-0.05, 0) is 37.1 Å². The zero-order valence-electron chi connectivity index (χ0n) is 12.4. The number of carbonyl (C=O) groups excluding carboxylic acids is 1. The molecule has 1 aromatic carbocycles. The molecule has 1 rings (SSSR count). The van der Waals surface area contributed by atoms with Gasteiger partial charge in [0.25, 0.3) is 0 Å². The van der Waals surface area contributed by atoms with E-state index in [2.05, 4.69) is 26.4 Å². The van der Waals surface area contributed by atoms with Crippen LogP contribution < -0.4 is 11.1 Å². The lowest BCUT2D eigenvalue weighted by Crippen LogP contribution is -2.47. The van der Waals surface area contributed by atoms with E-state index in [1.807, 2.05) is 26.0 Å². The number of amides is 1. The molecule has 0 aliphatic carbocycles. The molecule has 0 bridgehead atoms. The summed E-state index contributed by atoms with van der Waals surface area (Å²) in [6.45, 7) is 3.95. The van der Waals surface area contributed by atoms with Crippen LogP contribution in [-0.2, 0) is 4.79 Å². The minimum absolute atomic E-state index is 0.0270. The Labute approximate surface area is 133 Å². The molecule has 0 saturated heterocycles. The molecule has 0 saturated carbocycles. The average Bonchev–Trinajstić information content (AvgIpc) is 2.48. The van der Waals surface area contributed by atoms with Crippen molar-refractivity contribution >= 4 is 33.4 Å². The van der Waals surface area contributed by atoms with Crippen LogP contribution >= 0.6 is 15.9 Å². The first-order valence-corrected chi connectivity index (χ1v) is 7.84. The molecule has 4 N–H and O–H groups in total. The van der Waals surface area contributed by atoms with Gasteiger partial charge in [0.05, 0.1) is 0 Å². The van der Waals surface area contributed by atoms with Gasteiger partial charge in [0.1, 0.15) is 5.41 Å². The summed E-state index contributed by atoms with van der Waals surface area (Å²) in [7, 11) is 0. The Balaban J connectivity index is 3.06. The summed E-state index contributed by atoms with van der Waals surface area (Å²) in [5.74, 6) is -0.260. The number of nitrogens with two attached hydrogens (primary N) is 1. The number of halogens is 1. The van der Waals surface area contributed by atoms with E-state index >= 15 is 0 Å². The lowest BCUT2D eigenvalue weighted by molar-refractivity contribution is -0.123. The van der Waals surface area contributed by atoms with Gasteiger partial charge < -0.3 is 16.3 Å². The number of nitrogens with one attached hydrogen (secondary N) is 1. The van der Waals surface area contributed by atoms with Crippen molar-refractivity contribution in [2.75, 3.05) is 5.32 Å². The fourth-order valence-corrected chi connectivity index (χ4v) is 2.72. The number of amidine groups is 1. The van der Waals surface area contributed by atoms with Crippen molar-refractivity contribution in [2.45, 2.75) is 39.5 Å². The van der Waals surface area contributed by atoms with E-state index in [1.165, 1.54) is 0 Å². The summed E-state index contributed by atoms with van der Waals surface area (Å²) in [5.41, 5.74) is 5.55. The van der Waals surface area contributed by atoms with Gasteiger partial charge in [0, 0.05) is 10.2 Å². The molecule has 1 aromatic rings. The molecule has 0 atom stereocenters. The maximum atomic E-state index is 12.7. The van der Waals surface area contributed by atoms with Gasteiger partial charge in [-0.1, -0.05) is 47.8 Å². The largest absolute Gasteiger partial charge is 0.409 e. The number of nitrogens with zero attached hydrogens (tertiary/aromatic N) is 1. The number of hydrogen-bond acceptors (Lipinski definition) is 3. The predicted molar refractivity (Wildman–Crippen MR) is 88.4 cm³/mol. The molecule has 0 radical (unpaired) electrons. The minimum Gasteiger partial charge on any atom is -0.409 e. The van der Waals surface area contributed by atoms with Crippen LogP contribution in [0.2, 0.25) is 0 Å². The number of rotatable bonds is 7.